The van der Waals surface area contributed by atoms with Crippen LogP contribution in [0.3, 0.4) is 0 Å². The molecule has 0 fully saturated rings. The Kier molecular flexibility index (Phi) is 23.3. The van der Waals surface area contributed by atoms with Crippen LogP contribution in [-0.2, 0) is 0 Å². The Labute approximate surface area is 149 Å². The zero-order valence-corrected chi connectivity index (χ0v) is 15.8. The van der Waals surface area contributed by atoms with Crippen molar-refractivity contribution in [3.05, 3.63) is 0 Å². The summed E-state index contributed by atoms with van der Waals surface area (Å²) in [5.41, 5.74) is 0. The Bertz CT molecular complexity index is 163. The first-order chi connectivity index (χ1) is 9.85. The molecule has 2 heteroatoms. The zero-order chi connectivity index (χ0) is 14.9. The molecule has 0 N–H and O–H groups in total. The predicted octanol–water partition coefficient (Wildman–Crippen LogP) is 3.54. The first kappa shape index (κ1) is 23.8. The van der Waals surface area contributed by atoms with Crippen molar-refractivity contribution >= 4 is 0 Å². The van der Waals surface area contributed by atoms with E-state index in [0.717, 1.165) is 0 Å². The van der Waals surface area contributed by atoms with Crippen LogP contribution in [0.4, 0.5) is 0 Å². The summed E-state index contributed by atoms with van der Waals surface area (Å²) in [4.78, 5) is 2.71. The molecule has 0 radical (unpaired) electrons. The monoisotopic (exact) mass is 291 g/mol. The van der Waals surface area contributed by atoms with Gasteiger partial charge in [0.05, 0.1) is 0 Å². The average Bonchev–Trinajstić information content (AvgIpc) is 2.46. The first-order valence-electron chi connectivity index (χ1n) is 9.57. The van der Waals surface area contributed by atoms with Crippen LogP contribution in [0.2, 0.25) is 0 Å². The fraction of sp³-hybridized carbons (Fsp3) is 1.00. The van der Waals surface area contributed by atoms with Crippen molar-refractivity contribution in [1.82, 2.24) is 4.90 Å². The Morgan fingerprint density at radius 1 is 0.476 bits per heavy atom. The normalized spacial score (nSPS) is 10.9. The molecule has 0 amide bonds. The van der Waals surface area contributed by atoms with Crippen LogP contribution >= 0.6 is 0 Å². The Balaban J connectivity index is -0.00000180. The third kappa shape index (κ3) is 18.5. The summed E-state index contributed by atoms with van der Waals surface area (Å²) in [6.07, 6.45) is 18.4. The van der Waals surface area contributed by atoms with Gasteiger partial charge in [-0.2, -0.15) is 0 Å². The molecule has 0 bridgehead atoms. The van der Waals surface area contributed by atoms with Crippen LogP contribution in [0.1, 0.15) is 106 Å². The summed E-state index contributed by atoms with van der Waals surface area (Å²) < 4.78 is 0. The molecular formula is C19H42LiN. The molecule has 0 saturated carbocycles. The maximum absolute atomic E-state index is 2.71. The fourth-order valence-electron chi connectivity index (χ4n) is 2.88. The van der Waals surface area contributed by atoms with Crippen molar-refractivity contribution in [2.45, 2.75) is 104 Å². The maximum Gasteiger partial charge on any atom is 1.00 e. The standard InChI is InChI=1S/C19H41N.Li.H/c1-4-7-9-11-13-15-18-20(17-6-3)19-16-14-12-10-8-5-2;;/h4-19H2,1-3H3;;/q;+1;-1. The summed E-state index contributed by atoms with van der Waals surface area (Å²) in [6.45, 7) is 10.9. The van der Waals surface area contributed by atoms with Crippen LogP contribution in [0.5, 0.6) is 0 Å². The van der Waals surface area contributed by atoms with Gasteiger partial charge in [0.15, 0.2) is 0 Å². The second-order valence-corrected chi connectivity index (χ2v) is 6.38. The van der Waals surface area contributed by atoms with E-state index in [4.69, 9.17) is 0 Å². The van der Waals surface area contributed by atoms with E-state index in [9.17, 15) is 0 Å². The summed E-state index contributed by atoms with van der Waals surface area (Å²) in [6, 6.07) is 0. The van der Waals surface area contributed by atoms with E-state index in [1.54, 1.807) is 0 Å². The topological polar surface area (TPSA) is 3.24 Å². The zero-order valence-electron chi connectivity index (χ0n) is 16.8. The largest absolute Gasteiger partial charge is 1.00 e. The molecule has 21 heavy (non-hydrogen) atoms. The molecule has 1 nitrogen and oxygen atoms in total. The number of rotatable bonds is 16. The van der Waals surface area contributed by atoms with E-state index in [2.05, 4.69) is 25.7 Å². The fourth-order valence-corrected chi connectivity index (χ4v) is 2.88. The molecule has 0 saturated heterocycles. The summed E-state index contributed by atoms with van der Waals surface area (Å²) >= 11 is 0. The predicted molar refractivity (Wildman–Crippen MR) is 94.6 cm³/mol. The van der Waals surface area contributed by atoms with Gasteiger partial charge in [-0.25, -0.2) is 0 Å². The number of unbranched alkanes of at least 4 members (excludes halogenated alkanes) is 10. The van der Waals surface area contributed by atoms with Gasteiger partial charge >= 0.3 is 18.9 Å². The van der Waals surface area contributed by atoms with Gasteiger partial charge in [0.1, 0.15) is 0 Å². The molecule has 0 atom stereocenters. The SMILES string of the molecule is CCCCCCCCN(CCC)CCCCCCCC.[H-].[Li+]. The van der Waals surface area contributed by atoms with Crippen molar-refractivity contribution in [2.75, 3.05) is 19.6 Å². The van der Waals surface area contributed by atoms with Gasteiger partial charge in [-0.15, -0.1) is 0 Å². The van der Waals surface area contributed by atoms with Crippen LogP contribution in [0.25, 0.3) is 0 Å². The van der Waals surface area contributed by atoms with Crippen molar-refractivity contribution < 1.29 is 20.3 Å². The molecule has 0 spiro atoms. The van der Waals surface area contributed by atoms with Gasteiger partial charge in [0.25, 0.3) is 0 Å². The number of hydrogen-bond acceptors (Lipinski definition) is 1. The third-order valence-electron chi connectivity index (χ3n) is 4.20. The Morgan fingerprint density at radius 2 is 0.857 bits per heavy atom. The molecule has 0 aliphatic rings. The molecule has 124 valence electrons. The minimum absolute atomic E-state index is 0. The average molecular weight is 291 g/mol. The summed E-state index contributed by atoms with van der Waals surface area (Å²) in [7, 11) is 0. The summed E-state index contributed by atoms with van der Waals surface area (Å²) in [5, 5.41) is 0. The van der Waals surface area contributed by atoms with Gasteiger partial charge < -0.3 is 6.33 Å². The number of hydrogen-bond donors (Lipinski definition) is 0. The van der Waals surface area contributed by atoms with Gasteiger partial charge in [-0.05, 0) is 38.9 Å². The Hall–Kier alpha value is 0.557. The molecule has 0 aliphatic carbocycles. The molecule has 0 aromatic rings. The van der Waals surface area contributed by atoms with Gasteiger partial charge in [0, 0.05) is 0 Å². The van der Waals surface area contributed by atoms with Gasteiger partial charge in [0.2, 0.25) is 0 Å². The summed E-state index contributed by atoms with van der Waals surface area (Å²) in [5.74, 6) is 0. The van der Waals surface area contributed by atoms with Crippen molar-refractivity contribution in [3.63, 3.8) is 0 Å². The molecule has 0 aromatic carbocycles. The van der Waals surface area contributed by atoms with E-state index < -0.39 is 0 Å². The van der Waals surface area contributed by atoms with Crippen molar-refractivity contribution in [2.24, 2.45) is 0 Å². The molecule has 0 aromatic heterocycles. The van der Waals surface area contributed by atoms with Crippen LogP contribution in [0.15, 0.2) is 0 Å². The Morgan fingerprint density at radius 3 is 1.24 bits per heavy atom. The van der Waals surface area contributed by atoms with Gasteiger partial charge in [-0.1, -0.05) is 85.0 Å². The van der Waals surface area contributed by atoms with Crippen LogP contribution in [0, 0.1) is 0 Å². The quantitative estimate of drug-likeness (QED) is 0.310. The van der Waals surface area contributed by atoms with Gasteiger partial charge in [-0.3, -0.25) is 0 Å². The van der Waals surface area contributed by atoms with Crippen molar-refractivity contribution in [1.29, 1.82) is 0 Å². The van der Waals surface area contributed by atoms with E-state index >= 15 is 0 Å². The third-order valence-corrected chi connectivity index (χ3v) is 4.20. The molecule has 0 unspecified atom stereocenters. The van der Waals surface area contributed by atoms with Crippen molar-refractivity contribution in [3.8, 4) is 0 Å². The van der Waals surface area contributed by atoms with E-state index in [1.807, 2.05) is 0 Å². The molecule has 0 aliphatic heterocycles. The second-order valence-electron chi connectivity index (χ2n) is 6.38. The van der Waals surface area contributed by atoms with E-state index in [0.29, 0.717) is 0 Å². The van der Waals surface area contributed by atoms with E-state index in [-0.39, 0.29) is 20.3 Å². The number of nitrogens with zero attached hydrogens (tertiary/aromatic N) is 1. The van der Waals surface area contributed by atoms with Crippen LogP contribution < -0.4 is 18.9 Å². The smallest absolute Gasteiger partial charge is 1.00 e. The van der Waals surface area contributed by atoms with Crippen LogP contribution in [-0.4, -0.2) is 24.5 Å². The van der Waals surface area contributed by atoms with E-state index in [1.165, 1.54) is 103 Å². The first-order valence-corrected chi connectivity index (χ1v) is 9.57. The molecular weight excluding hydrogens is 249 g/mol. The maximum atomic E-state index is 2.71. The molecule has 0 heterocycles. The minimum Gasteiger partial charge on any atom is -1.00 e. The molecule has 0 rings (SSSR count). The second kappa shape index (κ2) is 20.6. The minimum atomic E-state index is 0.